The van der Waals surface area contributed by atoms with Crippen LogP contribution in [0.5, 0.6) is 0 Å². The summed E-state index contributed by atoms with van der Waals surface area (Å²) in [5.74, 6) is 0. The number of nitrogens with zero attached hydrogens (tertiary/aromatic N) is 1. The van der Waals surface area contributed by atoms with Crippen LogP contribution in [0.3, 0.4) is 0 Å². The Kier molecular flexibility index (Phi) is 3.32. The van der Waals surface area contributed by atoms with Crippen molar-refractivity contribution < 1.29 is 18.0 Å². The highest BCUT2D eigenvalue weighted by atomic mass is 19.4. The molecule has 1 aromatic carbocycles. The Balaban J connectivity index is 2.35. The third-order valence-electron chi connectivity index (χ3n) is 3.32. The number of benzene rings is 1. The van der Waals surface area contributed by atoms with E-state index >= 15 is 0 Å². The highest BCUT2D eigenvalue weighted by Crippen LogP contribution is 2.37. The minimum absolute atomic E-state index is 0.00835. The quantitative estimate of drug-likeness (QED) is 0.776. The number of halogens is 3. The Morgan fingerprint density at radius 3 is 2.72 bits per heavy atom. The van der Waals surface area contributed by atoms with Gasteiger partial charge in [-0.15, -0.1) is 0 Å². The molecule has 18 heavy (non-hydrogen) atoms. The van der Waals surface area contributed by atoms with E-state index in [1.54, 1.807) is 0 Å². The van der Waals surface area contributed by atoms with E-state index in [1.807, 2.05) is 11.8 Å². The van der Waals surface area contributed by atoms with E-state index in [0.717, 1.165) is 18.0 Å². The highest BCUT2D eigenvalue weighted by Gasteiger charge is 2.34. The number of fused-ring (bicyclic) bond motifs is 1. The van der Waals surface area contributed by atoms with Crippen molar-refractivity contribution in [2.45, 2.75) is 32.0 Å². The van der Waals surface area contributed by atoms with Gasteiger partial charge in [0.15, 0.2) is 0 Å². The molecule has 1 aromatic rings. The van der Waals surface area contributed by atoms with Crippen LogP contribution in [0.4, 0.5) is 18.9 Å². The van der Waals surface area contributed by atoms with E-state index in [4.69, 9.17) is 0 Å². The Morgan fingerprint density at radius 1 is 1.44 bits per heavy atom. The lowest BCUT2D eigenvalue weighted by Crippen LogP contribution is -2.31. The van der Waals surface area contributed by atoms with Gasteiger partial charge in [-0.3, -0.25) is 0 Å². The summed E-state index contributed by atoms with van der Waals surface area (Å²) >= 11 is 0. The predicted octanol–water partition coefficient (Wildman–Crippen LogP) is 3.05. The van der Waals surface area contributed by atoms with Crippen LogP contribution in [-0.2, 0) is 17.4 Å². The number of alkyl halides is 3. The molecule has 1 aliphatic rings. The van der Waals surface area contributed by atoms with Crippen LogP contribution in [0, 0.1) is 0 Å². The Morgan fingerprint density at radius 2 is 2.17 bits per heavy atom. The minimum Gasteiger partial charge on any atom is -0.368 e. The van der Waals surface area contributed by atoms with Crippen LogP contribution in [0.25, 0.3) is 0 Å². The van der Waals surface area contributed by atoms with E-state index in [1.165, 1.54) is 12.1 Å². The molecule has 2 rings (SSSR count). The first-order valence-corrected chi connectivity index (χ1v) is 5.87. The SMILES string of the molecule is CCN1c2ccc(C(F)(F)F)cc2CC1CC=O. The highest BCUT2D eigenvalue weighted by molar-refractivity contribution is 5.63. The topological polar surface area (TPSA) is 20.3 Å². The number of hydrogen-bond donors (Lipinski definition) is 0. The van der Waals surface area contributed by atoms with Crippen molar-refractivity contribution in [1.82, 2.24) is 0 Å². The summed E-state index contributed by atoms with van der Waals surface area (Å²) in [4.78, 5) is 12.6. The average Bonchev–Trinajstić information content (AvgIpc) is 2.64. The molecule has 0 fully saturated rings. The second-order valence-electron chi connectivity index (χ2n) is 4.39. The summed E-state index contributed by atoms with van der Waals surface area (Å²) in [6, 6.07) is 3.80. The van der Waals surface area contributed by atoms with E-state index < -0.39 is 11.7 Å². The number of rotatable bonds is 3. The Hall–Kier alpha value is -1.52. The molecule has 0 aromatic heterocycles. The molecule has 1 atom stereocenters. The first kappa shape index (κ1) is 12.9. The van der Waals surface area contributed by atoms with Crippen LogP contribution in [-0.4, -0.2) is 18.9 Å². The van der Waals surface area contributed by atoms with E-state index in [2.05, 4.69) is 0 Å². The number of anilines is 1. The summed E-state index contributed by atoms with van der Waals surface area (Å²) in [6.07, 6.45) is -2.63. The van der Waals surface area contributed by atoms with E-state index in [0.29, 0.717) is 24.9 Å². The fourth-order valence-corrected chi connectivity index (χ4v) is 2.52. The molecule has 0 amide bonds. The third kappa shape index (κ3) is 2.21. The van der Waals surface area contributed by atoms with Crippen molar-refractivity contribution >= 4 is 12.0 Å². The molecule has 0 saturated heterocycles. The molecule has 0 spiro atoms. The molecule has 0 radical (unpaired) electrons. The largest absolute Gasteiger partial charge is 0.416 e. The number of likely N-dealkylation sites (N-methyl/N-ethyl adjacent to an activating group) is 1. The molecule has 1 unspecified atom stereocenters. The van der Waals surface area contributed by atoms with Crippen LogP contribution in [0.1, 0.15) is 24.5 Å². The lowest BCUT2D eigenvalue weighted by Gasteiger charge is -2.24. The van der Waals surface area contributed by atoms with Gasteiger partial charge in [0.25, 0.3) is 0 Å². The molecule has 98 valence electrons. The smallest absolute Gasteiger partial charge is 0.368 e. The second-order valence-corrected chi connectivity index (χ2v) is 4.39. The molecule has 2 nitrogen and oxygen atoms in total. The van der Waals surface area contributed by atoms with Crippen LogP contribution in [0.2, 0.25) is 0 Å². The zero-order valence-corrected chi connectivity index (χ0v) is 10.00. The summed E-state index contributed by atoms with van der Waals surface area (Å²) in [5.41, 5.74) is 0.875. The van der Waals surface area contributed by atoms with Crippen molar-refractivity contribution in [2.24, 2.45) is 0 Å². The molecule has 5 heteroatoms. The van der Waals surface area contributed by atoms with Crippen molar-refractivity contribution in [3.63, 3.8) is 0 Å². The van der Waals surface area contributed by atoms with E-state index in [-0.39, 0.29) is 6.04 Å². The molecular formula is C13H14F3NO. The standard InChI is InChI=1S/C13H14F3NO/c1-2-17-11(5-6-18)8-9-7-10(13(14,15)16)3-4-12(9)17/h3-4,6-7,11H,2,5,8H2,1H3. The predicted molar refractivity (Wildman–Crippen MR) is 62.6 cm³/mol. The minimum atomic E-state index is -4.31. The van der Waals surface area contributed by atoms with Crippen LogP contribution in [0.15, 0.2) is 18.2 Å². The lowest BCUT2D eigenvalue weighted by molar-refractivity contribution is -0.137. The van der Waals surface area contributed by atoms with Gasteiger partial charge in [0.2, 0.25) is 0 Å². The van der Waals surface area contributed by atoms with Gasteiger partial charge in [-0.2, -0.15) is 13.2 Å². The van der Waals surface area contributed by atoms with Crippen molar-refractivity contribution in [1.29, 1.82) is 0 Å². The van der Waals surface area contributed by atoms with Gasteiger partial charge < -0.3 is 9.69 Å². The van der Waals surface area contributed by atoms with Crippen molar-refractivity contribution in [3.05, 3.63) is 29.3 Å². The summed E-state index contributed by atoms with van der Waals surface area (Å²) < 4.78 is 37.8. The summed E-state index contributed by atoms with van der Waals surface area (Å²) in [5, 5.41) is 0. The van der Waals surface area contributed by atoms with Crippen molar-refractivity contribution in [3.8, 4) is 0 Å². The fourth-order valence-electron chi connectivity index (χ4n) is 2.52. The monoisotopic (exact) mass is 257 g/mol. The molecule has 1 aliphatic heterocycles. The summed E-state index contributed by atoms with van der Waals surface area (Å²) in [6.45, 7) is 2.63. The van der Waals surface area contributed by atoms with Gasteiger partial charge in [-0.05, 0) is 37.1 Å². The maximum atomic E-state index is 12.6. The van der Waals surface area contributed by atoms with Gasteiger partial charge in [0.1, 0.15) is 6.29 Å². The number of aldehydes is 1. The van der Waals surface area contributed by atoms with Crippen LogP contribution >= 0.6 is 0 Å². The maximum Gasteiger partial charge on any atom is 0.416 e. The Bertz CT molecular complexity index is 456. The molecule has 0 aliphatic carbocycles. The van der Waals surface area contributed by atoms with Crippen molar-refractivity contribution in [2.75, 3.05) is 11.4 Å². The van der Waals surface area contributed by atoms with E-state index in [9.17, 15) is 18.0 Å². The normalized spacial score (nSPS) is 18.9. The lowest BCUT2D eigenvalue weighted by atomic mass is 10.1. The molecule has 0 saturated carbocycles. The van der Waals surface area contributed by atoms with Gasteiger partial charge in [0, 0.05) is 24.7 Å². The third-order valence-corrected chi connectivity index (χ3v) is 3.32. The first-order valence-electron chi connectivity index (χ1n) is 5.87. The number of hydrogen-bond acceptors (Lipinski definition) is 2. The number of carbonyl (C=O) groups is 1. The fraction of sp³-hybridized carbons (Fsp3) is 0.462. The molecule has 0 bridgehead atoms. The Labute approximate surface area is 103 Å². The molecule has 0 N–H and O–H groups in total. The summed E-state index contributed by atoms with van der Waals surface area (Å²) in [7, 11) is 0. The maximum absolute atomic E-state index is 12.6. The van der Waals surface area contributed by atoms with Crippen LogP contribution < -0.4 is 4.90 Å². The zero-order valence-electron chi connectivity index (χ0n) is 10.00. The zero-order chi connectivity index (χ0) is 13.3. The van der Waals surface area contributed by atoms with Gasteiger partial charge in [-0.25, -0.2) is 0 Å². The first-order chi connectivity index (χ1) is 8.47. The van der Waals surface area contributed by atoms with Gasteiger partial charge >= 0.3 is 6.18 Å². The molecule has 1 heterocycles. The number of carbonyl (C=O) groups excluding carboxylic acids is 1. The van der Waals surface area contributed by atoms with Gasteiger partial charge in [0.05, 0.1) is 5.56 Å². The molecular weight excluding hydrogens is 243 g/mol. The van der Waals surface area contributed by atoms with Gasteiger partial charge in [-0.1, -0.05) is 0 Å². The average molecular weight is 257 g/mol. The second kappa shape index (κ2) is 4.63.